The minimum absolute atomic E-state index is 0.472. The molecule has 0 aliphatic carbocycles. The van der Waals surface area contributed by atoms with E-state index in [1.54, 1.807) is 18.7 Å². The molecular weight excluding hydrogens is 136 g/mol. The highest BCUT2D eigenvalue weighted by Gasteiger charge is 2.36. The molecule has 1 rings (SSSR count). The number of rotatable bonds is 1. The predicted octanol–water partition coefficient (Wildman–Crippen LogP) is 1.36. The summed E-state index contributed by atoms with van der Waals surface area (Å²) in [6.07, 6.45) is 1.88. The Balaban J connectivity index is 2.61. The zero-order chi connectivity index (χ0) is 6.91. The van der Waals surface area contributed by atoms with Gasteiger partial charge < -0.3 is 5.11 Å². The third-order valence-electron chi connectivity index (χ3n) is 1.67. The molecule has 1 atom stereocenters. The second-order valence-electron chi connectivity index (χ2n) is 2.49. The van der Waals surface area contributed by atoms with Gasteiger partial charge in [0.05, 0.1) is 0 Å². The minimum atomic E-state index is -0.662. The van der Waals surface area contributed by atoms with Crippen LogP contribution in [-0.4, -0.2) is 21.6 Å². The van der Waals surface area contributed by atoms with Gasteiger partial charge in [0, 0.05) is 0 Å². The Kier molecular flexibility index (Phi) is 1.70. The summed E-state index contributed by atoms with van der Waals surface area (Å²) < 4.78 is -0.472. The van der Waals surface area contributed by atoms with Crippen molar-refractivity contribution in [2.45, 2.75) is 24.5 Å². The highest BCUT2D eigenvalue weighted by Crippen LogP contribution is 2.37. The first-order valence-corrected chi connectivity index (χ1v) is 4.01. The highest BCUT2D eigenvalue weighted by atomic mass is 32.2. The summed E-state index contributed by atoms with van der Waals surface area (Å²) in [5, 5.41) is 8.65. The summed E-state index contributed by atoms with van der Waals surface area (Å²) in [5.41, 5.74) is 0. The Bertz CT molecular complexity index is 127. The van der Waals surface area contributed by atoms with Crippen molar-refractivity contribution in [3.05, 3.63) is 0 Å². The zero-order valence-electron chi connectivity index (χ0n) is 5.39. The van der Waals surface area contributed by atoms with Crippen LogP contribution in [-0.2, 0) is 4.79 Å². The van der Waals surface area contributed by atoms with Crippen LogP contribution in [0.1, 0.15) is 19.8 Å². The molecule has 1 N–H and O–H groups in total. The molecule has 0 saturated carbocycles. The topological polar surface area (TPSA) is 37.3 Å². The Morgan fingerprint density at radius 1 is 1.78 bits per heavy atom. The smallest absolute Gasteiger partial charge is 0.319 e. The summed E-state index contributed by atoms with van der Waals surface area (Å²) in [6, 6.07) is 0. The van der Waals surface area contributed by atoms with Crippen LogP contribution < -0.4 is 0 Å². The van der Waals surface area contributed by atoms with Crippen LogP contribution in [0.2, 0.25) is 0 Å². The average Bonchev–Trinajstić information content (AvgIpc) is 2.16. The average molecular weight is 146 g/mol. The van der Waals surface area contributed by atoms with Crippen molar-refractivity contribution in [1.29, 1.82) is 0 Å². The van der Waals surface area contributed by atoms with E-state index in [9.17, 15) is 4.79 Å². The van der Waals surface area contributed by atoms with E-state index in [2.05, 4.69) is 0 Å². The SMILES string of the molecule is C[C@@]1(C(=O)O)CCCS1. The lowest BCUT2D eigenvalue weighted by atomic mass is 10.1. The maximum atomic E-state index is 10.5. The van der Waals surface area contributed by atoms with Gasteiger partial charge in [0.15, 0.2) is 0 Å². The lowest BCUT2D eigenvalue weighted by Gasteiger charge is -2.14. The van der Waals surface area contributed by atoms with Crippen molar-refractivity contribution in [3.8, 4) is 0 Å². The van der Waals surface area contributed by atoms with Gasteiger partial charge in [-0.3, -0.25) is 4.79 Å². The molecule has 0 amide bonds. The number of aliphatic carboxylic acids is 1. The van der Waals surface area contributed by atoms with Crippen LogP contribution in [0.15, 0.2) is 0 Å². The van der Waals surface area contributed by atoms with Gasteiger partial charge in [-0.25, -0.2) is 0 Å². The van der Waals surface area contributed by atoms with Crippen LogP contribution in [0.4, 0.5) is 0 Å². The molecule has 0 radical (unpaired) electrons. The maximum Gasteiger partial charge on any atom is 0.319 e. The van der Waals surface area contributed by atoms with E-state index in [-0.39, 0.29) is 0 Å². The third kappa shape index (κ3) is 1.21. The fourth-order valence-electron chi connectivity index (χ4n) is 0.948. The third-order valence-corrected chi connectivity index (χ3v) is 3.18. The Labute approximate surface area is 58.6 Å². The van der Waals surface area contributed by atoms with Gasteiger partial charge in [-0.1, -0.05) is 0 Å². The fourth-order valence-corrected chi connectivity index (χ4v) is 2.10. The molecule has 9 heavy (non-hydrogen) atoms. The second-order valence-corrected chi connectivity index (χ2v) is 4.09. The van der Waals surface area contributed by atoms with E-state index >= 15 is 0 Å². The molecule has 0 aromatic carbocycles. The van der Waals surface area contributed by atoms with E-state index in [1.807, 2.05) is 0 Å². The van der Waals surface area contributed by atoms with Crippen LogP contribution in [0.5, 0.6) is 0 Å². The molecule has 0 spiro atoms. The number of carboxylic acids is 1. The molecule has 3 heteroatoms. The molecule has 1 saturated heterocycles. The minimum Gasteiger partial charge on any atom is -0.480 e. The van der Waals surface area contributed by atoms with Crippen LogP contribution in [0, 0.1) is 0 Å². The quantitative estimate of drug-likeness (QED) is 0.607. The molecule has 1 fully saturated rings. The molecule has 0 aromatic heterocycles. The Morgan fingerprint density at radius 2 is 2.44 bits per heavy atom. The molecule has 0 unspecified atom stereocenters. The van der Waals surface area contributed by atoms with E-state index < -0.39 is 10.7 Å². The highest BCUT2D eigenvalue weighted by molar-refractivity contribution is 8.01. The van der Waals surface area contributed by atoms with Crippen molar-refractivity contribution in [2.75, 3.05) is 5.75 Å². The maximum absolute atomic E-state index is 10.5. The van der Waals surface area contributed by atoms with E-state index in [0.29, 0.717) is 0 Å². The summed E-state index contributed by atoms with van der Waals surface area (Å²) in [7, 11) is 0. The summed E-state index contributed by atoms with van der Waals surface area (Å²) in [6.45, 7) is 1.80. The van der Waals surface area contributed by atoms with E-state index in [4.69, 9.17) is 5.11 Å². The van der Waals surface area contributed by atoms with Gasteiger partial charge >= 0.3 is 5.97 Å². The molecule has 1 heterocycles. The molecule has 52 valence electrons. The van der Waals surface area contributed by atoms with E-state index in [1.165, 1.54) is 0 Å². The Hall–Kier alpha value is -0.180. The van der Waals surface area contributed by atoms with Crippen molar-refractivity contribution in [3.63, 3.8) is 0 Å². The zero-order valence-corrected chi connectivity index (χ0v) is 6.20. The predicted molar refractivity (Wildman–Crippen MR) is 37.7 cm³/mol. The summed E-state index contributed by atoms with van der Waals surface area (Å²) in [5.74, 6) is 0.341. The first-order valence-electron chi connectivity index (χ1n) is 3.02. The van der Waals surface area contributed by atoms with Gasteiger partial charge in [0.25, 0.3) is 0 Å². The van der Waals surface area contributed by atoms with E-state index in [0.717, 1.165) is 18.6 Å². The van der Waals surface area contributed by atoms with Gasteiger partial charge in [0.1, 0.15) is 4.75 Å². The standard InChI is InChI=1S/C6H10O2S/c1-6(5(7)8)3-2-4-9-6/h2-4H2,1H3,(H,7,8)/t6-/m0/s1. The number of hydrogen-bond acceptors (Lipinski definition) is 2. The molecule has 1 aliphatic heterocycles. The largest absolute Gasteiger partial charge is 0.480 e. The van der Waals surface area contributed by atoms with Crippen molar-refractivity contribution in [2.24, 2.45) is 0 Å². The summed E-state index contributed by atoms with van der Waals surface area (Å²) >= 11 is 1.55. The van der Waals surface area contributed by atoms with Crippen molar-refractivity contribution < 1.29 is 9.90 Å². The molecule has 2 nitrogen and oxygen atoms in total. The first kappa shape index (κ1) is 6.93. The van der Waals surface area contributed by atoms with Gasteiger partial charge in [0.2, 0.25) is 0 Å². The van der Waals surface area contributed by atoms with Gasteiger partial charge in [-0.05, 0) is 25.5 Å². The second kappa shape index (κ2) is 2.21. The monoisotopic (exact) mass is 146 g/mol. The summed E-state index contributed by atoms with van der Waals surface area (Å²) in [4.78, 5) is 10.5. The molecule has 0 bridgehead atoms. The fraction of sp³-hybridized carbons (Fsp3) is 0.833. The van der Waals surface area contributed by atoms with Crippen LogP contribution in [0.25, 0.3) is 0 Å². The molecule has 0 aromatic rings. The Morgan fingerprint density at radius 3 is 2.67 bits per heavy atom. The first-order chi connectivity index (χ1) is 4.15. The molecule has 1 aliphatic rings. The van der Waals surface area contributed by atoms with Crippen molar-refractivity contribution >= 4 is 17.7 Å². The normalized spacial score (nSPS) is 34.8. The van der Waals surface area contributed by atoms with Gasteiger partial charge in [-0.2, -0.15) is 0 Å². The lowest BCUT2D eigenvalue weighted by molar-refractivity contribution is -0.139. The number of hydrogen-bond donors (Lipinski definition) is 1. The number of thioether (sulfide) groups is 1. The molecular formula is C6H10O2S. The van der Waals surface area contributed by atoms with Gasteiger partial charge in [-0.15, -0.1) is 11.8 Å². The van der Waals surface area contributed by atoms with Crippen LogP contribution in [0.3, 0.4) is 0 Å². The lowest BCUT2D eigenvalue weighted by Crippen LogP contribution is -2.27. The van der Waals surface area contributed by atoms with Crippen molar-refractivity contribution in [1.82, 2.24) is 0 Å². The van der Waals surface area contributed by atoms with Crippen LogP contribution >= 0.6 is 11.8 Å². The number of carboxylic acid groups (broad SMARTS) is 1. The number of carbonyl (C=O) groups is 1.